The van der Waals surface area contributed by atoms with E-state index in [0.717, 1.165) is 6.20 Å². The smallest absolute Gasteiger partial charge is 0.341 e. The number of carbonyl (C=O) groups excluding carboxylic acids is 1. The number of urea groups is 1. The third-order valence-corrected chi connectivity index (χ3v) is 1.12. The van der Waals surface area contributed by atoms with E-state index >= 15 is 0 Å². The molecule has 0 atom stereocenters. The minimum absolute atomic E-state index is 0.0185. The van der Waals surface area contributed by atoms with E-state index in [0.29, 0.717) is 0 Å². The molecule has 5 N–H and O–H groups in total. The number of aromatic carboxylic acids is 1. The zero-order valence-corrected chi connectivity index (χ0v) is 5.87. The van der Waals surface area contributed by atoms with Crippen LogP contribution in [0.1, 0.15) is 10.4 Å². The number of nitrogens with two attached hydrogens (primary N) is 1. The molecule has 0 aliphatic heterocycles. The van der Waals surface area contributed by atoms with Crippen LogP contribution in [-0.4, -0.2) is 27.3 Å². The summed E-state index contributed by atoms with van der Waals surface area (Å²) in [6, 6.07) is -0.846. The van der Waals surface area contributed by atoms with Gasteiger partial charge in [-0.3, -0.25) is 10.4 Å². The summed E-state index contributed by atoms with van der Waals surface area (Å²) in [5.41, 5.74) is 4.63. The molecule has 7 nitrogen and oxygen atoms in total. The molecule has 0 aliphatic rings. The first-order valence-corrected chi connectivity index (χ1v) is 2.94. The highest BCUT2D eigenvalue weighted by Crippen LogP contribution is 2.09. The molecule has 0 aliphatic carbocycles. The average Bonchev–Trinajstić information content (AvgIpc) is 2.33. The molecule has 0 unspecified atom stereocenters. The number of H-pyrrole nitrogens is 1. The quantitative estimate of drug-likeness (QED) is 0.482. The number of carboxylic acid groups (broad SMARTS) is 1. The predicted octanol–water partition coefficient (Wildman–Crippen LogP) is -0.402. The van der Waals surface area contributed by atoms with Crippen molar-refractivity contribution < 1.29 is 14.7 Å². The summed E-state index contributed by atoms with van der Waals surface area (Å²) < 4.78 is 0. The molecule has 1 aromatic rings. The number of hydrogen-bond donors (Lipinski definition) is 4. The summed E-state index contributed by atoms with van der Waals surface area (Å²) in [7, 11) is 0. The maximum absolute atomic E-state index is 10.4. The van der Waals surface area contributed by atoms with Crippen molar-refractivity contribution in [3.63, 3.8) is 0 Å². The Morgan fingerprint density at radius 1 is 1.67 bits per heavy atom. The average molecular weight is 170 g/mol. The molecule has 0 spiro atoms. The van der Waals surface area contributed by atoms with Crippen LogP contribution in [0.4, 0.5) is 10.6 Å². The minimum Gasteiger partial charge on any atom is -0.477 e. The van der Waals surface area contributed by atoms with Crippen LogP contribution in [0.15, 0.2) is 6.20 Å². The second kappa shape index (κ2) is 2.91. The second-order valence-electron chi connectivity index (χ2n) is 1.95. The lowest BCUT2D eigenvalue weighted by molar-refractivity contribution is 0.0698. The Morgan fingerprint density at radius 3 is 2.83 bits per heavy atom. The van der Waals surface area contributed by atoms with Crippen molar-refractivity contribution in [2.45, 2.75) is 0 Å². The van der Waals surface area contributed by atoms with Gasteiger partial charge < -0.3 is 10.8 Å². The second-order valence-corrected chi connectivity index (χ2v) is 1.95. The van der Waals surface area contributed by atoms with Crippen LogP contribution in [-0.2, 0) is 0 Å². The maximum Gasteiger partial charge on any atom is 0.341 e. The number of aromatic nitrogens is 2. The lowest BCUT2D eigenvalue weighted by Crippen LogP contribution is -2.20. The normalized spacial score (nSPS) is 9.33. The lowest BCUT2D eigenvalue weighted by Gasteiger charge is -1.97. The number of carboxylic acids is 1. The van der Waals surface area contributed by atoms with Gasteiger partial charge in [0.05, 0.1) is 6.20 Å². The highest BCUT2D eigenvalue weighted by molar-refractivity contribution is 5.97. The molecular weight excluding hydrogens is 164 g/mol. The highest BCUT2D eigenvalue weighted by atomic mass is 16.4. The number of primary amides is 1. The number of aromatic amines is 1. The van der Waals surface area contributed by atoms with E-state index in [9.17, 15) is 9.59 Å². The van der Waals surface area contributed by atoms with Crippen LogP contribution in [0.5, 0.6) is 0 Å². The summed E-state index contributed by atoms with van der Waals surface area (Å²) in [6.07, 6.45) is 1.08. The van der Waals surface area contributed by atoms with Crippen LogP contribution >= 0.6 is 0 Å². The van der Waals surface area contributed by atoms with Crippen molar-refractivity contribution >= 4 is 17.8 Å². The maximum atomic E-state index is 10.4. The standard InChI is InChI=1S/C5H6N4O3/c6-5(12)8-3-2(4(10)11)1-7-9-3/h1H,(H,10,11)(H4,6,7,8,9,12). The number of carbonyl (C=O) groups is 2. The molecule has 1 heterocycles. The number of amides is 2. The van der Waals surface area contributed by atoms with Gasteiger partial charge in [0, 0.05) is 0 Å². The lowest BCUT2D eigenvalue weighted by atomic mass is 10.3. The van der Waals surface area contributed by atoms with E-state index in [4.69, 9.17) is 10.8 Å². The molecule has 0 radical (unpaired) electrons. The molecule has 0 fully saturated rings. The molecule has 2 amide bonds. The van der Waals surface area contributed by atoms with Crippen LogP contribution < -0.4 is 11.1 Å². The molecular formula is C5H6N4O3. The van der Waals surface area contributed by atoms with E-state index in [1.54, 1.807) is 0 Å². The van der Waals surface area contributed by atoms with Gasteiger partial charge in [-0.15, -0.1) is 0 Å². The largest absolute Gasteiger partial charge is 0.477 e. The van der Waals surface area contributed by atoms with E-state index in [-0.39, 0.29) is 11.4 Å². The molecule has 64 valence electrons. The first-order chi connectivity index (χ1) is 5.61. The molecule has 12 heavy (non-hydrogen) atoms. The van der Waals surface area contributed by atoms with Crippen molar-refractivity contribution in [3.8, 4) is 0 Å². The first-order valence-electron chi connectivity index (χ1n) is 2.94. The van der Waals surface area contributed by atoms with Gasteiger partial charge in [0.25, 0.3) is 0 Å². The Labute approximate surface area is 66.6 Å². The molecule has 0 bridgehead atoms. The van der Waals surface area contributed by atoms with Gasteiger partial charge in [-0.25, -0.2) is 9.59 Å². The third kappa shape index (κ3) is 1.51. The van der Waals surface area contributed by atoms with Crippen LogP contribution in [0.3, 0.4) is 0 Å². The molecule has 1 rings (SSSR count). The molecule has 1 aromatic heterocycles. The first kappa shape index (κ1) is 8.05. The van der Waals surface area contributed by atoms with Gasteiger partial charge in [0.1, 0.15) is 11.4 Å². The summed E-state index contributed by atoms with van der Waals surface area (Å²) in [5, 5.41) is 16.3. The number of hydrogen-bond acceptors (Lipinski definition) is 3. The fraction of sp³-hybridized carbons (Fsp3) is 0. The van der Waals surface area contributed by atoms with E-state index in [1.807, 2.05) is 0 Å². The van der Waals surface area contributed by atoms with E-state index in [1.165, 1.54) is 0 Å². The van der Waals surface area contributed by atoms with Gasteiger partial charge in [-0.05, 0) is 0 Å². The topological polar surface area (TPSA) is 121 Å². The Bertz CT molecular complexity index is 318. The predicted molar refractivity (Wildman–Crippen MR) is 38.8 cm³/mol. The summed E-state index contributed by atoms with van der Waals surface area (Å²) in [6.45, 7) is 0. The van der Waals surface area contributed by atoms with Crippen LogP contribution in [0, 0.1) is 0 Å². The summed E-state index contributed by atoms with van der Waals surface area (Å²) in [5.74, 6) is -1.21. The fourth-order valence-corrected chi connectivity index (χ4v) is 0.667. The van der Waals surface area contributed by atoms with Crippen molar-refractivity contribution in [1.82, 2.24) is 10.2 Å². The summed E-state index contributed by atoms with van der Waals surface area (Å²) >= 11 is 0. The Morgan fingerprint density at radius 2 is 2.33 bits per heavy atom. The fourth-order valence-electron chi connectivity index (χ4n) is 0.667. The number of anilines is 1. The van der Waals surface area contributed by atoms with Gasteiger partial charge in [0.2, 0.25) is 0 Å². The number of nitrogens with zero attached hydrogens (tertiary/aromatic N) is 1. The van der Waals surface area contributed by atoms with Crippen molar-refractivity contribution in [2.24, 2.45) is 5.73 Å². The van der Waals surface area contributed by atoms with Crippen LogP contribution in [0.25, 0.3) is 0 Å². The Balaban J connectivity index is 2.91. The highest BCUT2D eigenvalue weighted by Gasteiger charge is 2.12. The minimum atomic E-state index is -1.19. The van der Waals surface area contributed by atoms with Gasteiger partial charge in [-0.1, -0.05) is 0 Å². The Hall–Kier alpha value is -2.05. The summed E-state index contributed by atoms with van der Waals surface area (Å²) in [4.78, 5) is 20.7. The monoisotopic (exact) mass is 170 g/mol. The molecule has 0 saturated carbocycles. The zero-order valence-electron chi connectivity index (χ0n) is 5.87. The van der Waals surface area contributed by atoms with E-state index < -0.39 is 12.0 Å². The molecule has 7 heteroatoms. The van der Waals surface area contributed by atoms with Gasteiger partial charge >= 0.3 is 12.0 Å². The molecule has 0 aromatic carbocycles. The molecule has 0 saturated heterocycles. The number of nitrogens with one attached hydrogen (secondary N) is 2. The zero-order chi connectivity index (χ0) is 9.14. The third-order valence-electron chi connectivity index (χ3n) is 1.12. The van der Waals surface area contributed by atoms with Gasteiger partial charge in [-0.2, -0.15) is 5.10 Å². The van der Waals surface area contributed by atoms with E-state index in [2.05, 4.69) is 15.5 Å². The van der Waals surface area contributed by atoms with Crippen molar-refractivity contribution in [3.05, 3.63) is 11.8 Å². The van der Waals surface area contributed by atoms with Gasteiger partial charge in [0.15, 0.2) is 0 Å². The Kier molecular flexibility index (Phi) is 1.95. The van der Waals surface area contributed by atoms with Crippen molar-refractivity contribution in [2.75, 3.05) is 5.32 Å². The number of rotatable bonds is 2. The van der Waals surface area contributed by atoms with Crippen LogP contribution in [0.2, 0.25) is 0 Å². The SMILES string of the molecule is NC(=O)Nc1[nH]ncc1C(=O)O. The van der Waals surface area contributed by atoms with Crippen molar-refractivity contribution in [1.29, 1.82) is 0 Å².